The Hall–Kier alpha value is -0.150. The molecule has 0 aromatic heterocycles. The second-order valence-electron chi connectivity index (χ2n) is 5.13. The zero-order valence-corrected chi connectivity index (χ0v) is 13.8. The van der Waals surface area contributed by atoms with E-state index in [0.717, 1.165) is 36.6 Å². The quantitative estimate of drug-likeness (QED) is 0.527. The van der Waals surface area contributed by atoms with E-state index in [1.54, 1.807) is 0 Å². The van der Waals surface area contributed by atoms with Crippen LogP contribution in [-0.2, 0) is 5.33 Å². The van der Waals surface area contributed by atoms with Gasteiger partial charge in [-0.1, -0.05) is 63.3 Å². The third kappa shape index (κ3) is 2.88. The molecule has 0 aliphatic heterocycles. The standard InChI is InChI=1S/C15H18Br2O/c1-11-9-12(5-6-13(11)10-16)14(18)15(17)7-3-2-4-8-15/h5-6,9H,2-4,7-8,10H2,1H3. The van der Waals surface area contributed by atoms with E-state index in [4.69, 9.17) is 0 Å². The van der Waals surface area contributed by atoms with Gasteiger partial charge < -0.3 is 0 Å². The topological polar surface area (TPSA) is 17.1 Å². The summed E-state index contributed by atoms with van der Waals surface area (Å²) in [6.45, 7) is 2.06. The van der Waals surface area contributed by atoms with E-state index in [-0.39, 0.29) is 10.1 Å². The first kappa shape index (κ1) is 14.3. The Kier molecular flexibility index (Phi) is 4.65. The average Bonchev–Trinajstić information content (AvgIpc) is 2.38. The molecule has 0 N–H and O–H groups in total. The fourth-order valence-electron chi connectivity index (χ4n) is 2.58. The number of ketones is 1. The van der Waals surface area contributed by atoms with Crippen LogP contribution in [0, 0.1) is 6.92 Å². The molecule has 1 aliphatic carbocycles. The predicted octanol–water partition coefficient (Wildman–Crippen LogP) is 5.17. The van der Waals surface area contributed by atoms with Crippen LogP contribution in [0.25, 0.3) is 0 Å². The van der Waals surface area contributed by atoms with Gasteiger partial charge in [0, 0.05) is 10.9 Å². The van der Waals surface area contributed by atoms with Gasteiger partial charge in [0.2, 0.25) is 0 Å². The van der Waals surface area contributed by atoms with Crippen LogP contribution in [0.15, 0.2) is 18.2 Å². The summed E-state index contributed by atoms with van der Waals surface area (Å²) >= 11 is 7.16. The van der Waals surface area contributed by atoms with Crippen LogP contribution in [0.4, 0.5) is 0 Å². The number of hydrogen-bond acceptors (Lipinski definition) is 1. The minimum Gasteiger partial charge on any atom is -0.293 e. The molecule has 0 spiro atoms. The van der Waals surface area contributed by atoms with Gasteiger partial charge in [-0.05, 0) is 37.0 Å². The Labute approximate surface area is 126 Å². The first-order valence-corrected chi connectivity index (χ1v) is 8.37. The van der Waals surface area contributed by atoms with Crippen molar-refractivity contribution in [2.75, 3.05) is 0 Å². The number of Topliss-reactive ketones (excluding diaryl/α,β-unsaturated/α-hetero) is 1. The van der Waals surface area contributed by atoms with Gasteiger partial charge in [-0.15, -0.1) is 0 Å². The van der Waals surface area contributed by atoms with Gasteiger partial charge in [0.25, 0.3) is 0 Å². The SMILES string of the molecule is Cc1cc(C(=O)C2(Br)CCCCC2)ccc1CBr. The van der Waals surface area contributed by atoms with E-state index in [1.807, 2.05) is 12.1 Å². The Morgan fingerprint density at radius 2 is 1.94 bits per heavy atom. The van der Waals surface area contributed by atoms with Crippen molar-refractivity contribution >= 4 is 37.6 Å². The average molecular weight is 374 g/mol. The molecule has 0 heterocycles. The fraction of sp³-hybridized carbons (Fsp3) is 0.533. The summed E-state index contributed by atoms with van der Waals surface area (Å²) in [5.74, 6) is 0.256. The van der Waals surface area contributed by atoms with Crippen LogP contribution in [0.2, 0.25) is 0 Å². The van der Waals surface area contributed by atoms with E-state index in [0.29, 0.717) is 0 Å². The highest BCUT2D eigenvalue weighted by molar-refractivity contribution is 9.10. The van der Waals surface area contributed by atoms with Crippen LogP contribution >= 0.6 is 31.9 Å². The zero-order valence-electron chi connectivity index (χ0n) is 10.6. The van der Waals surface area contributed by atoms with Crippen molar-refractivity contribution in [3.8, 4) is 0 Å². The lowest BCUT2D eigenvalue weighted by Crippen LogP contribution is -2.34. The highest BCUT2D eigenvalue weighted by atomic mass is 79.9. The van der Waals surface area contributed by atoms with Crippen LogP contribution in [0.3, 0.4) is 0 Å². The molecule has 1 aromatic carbocycles. The molecule has 1 aromatic rings. The minimum absolute atomic E-state index is 0.256. The number of rotatable bonds is 3. The van der Waals surface area contributed by atoms with E-state index in [2.05, 4.69) is 44.8 Å². The smallest absolute Gasteiger partial charge is 0.179 e. The molecule has 98 valence electrons. The molecule has 0 saturated heterocycles. The highest BCUT2D eigenvalue weighted by Crippen LogP contribution is 2.38. The number of benzene rings is 1. The molecule has 0 atom stereocenters. The molecule has 1 nitrogen and oxygen atoms in total. The minimum atomic E-state index is -0.312. The summed E-state index contributed by atoms with van der Waals surface area (Å²) in [5, 5.41) is 0.840. The molecule has 1 fully saturated rings. The lowest BCUT2D eigenvalue weighted by atomic mass is 9.83. The Bertz CT molecular complexity index is 448. The summed E-state index contributed by atoms with van der Waals surface area (Å²) in [4.78, 5) is 12.6. The van der Waals surface area contributed by atoms with Gasteiger partial charge in [0.05, 0.1) is 4.32 Å². The van der Waals surface area contributed by atoms with Crippen molar-refractivity contribution in [2.45, 2.75) is 48.7 Å². The van der Waals surface area contributed by atoms with Gasteiger partial charge in [0.15, 0.2) is 5.78 Å². The van der Waals surface area contributed by atoms with Gasteiger partial charge in [0.1, 0.15) is 0 Å². The molecular formula is C15H18Br2O. The molecule has 1 saturated carbocycles. The lowest BCUT2D eigenvalue weighted by Gasteiger charge is -2.30. The summed E-state index contributed by atoms with van der Waals surface area (Å²) in [6, 6.07) is 6.04. The summed E-state index contributed by atoms with van der Waals surface area (Å²) in [5.41, 5.74) is 3.28. The number of carbonyl (C=O) groups is 1. The molecular weight excluding hydrogens is 356 g/mol. The van der Waals surface area contributed by atoms with Crippen LogP contribution in [-0.4, -0.2) is 10.1 Å². The van der Waals surface area contributed by atoms with Crippen molar-refractivity contribution in [1.29, 1.82) is 0 Å². The van der Waals surface area contributed by atoms with Crippen LogP contribution in [0.5, 0.6) is 0 Å². The third-order valence-electron chi connectivity index (χ3n) is 3.80. The van der Waals surface area contributed by atoms with E-state index < -0.39 is 0 Å². The number of hydrogen-bond donors (Lipinski definition) is 0. The summed E-state index contributed by atoms with van der Waals surface area (Å²) < 4.78 is -0.312. The Morgan fingerprint density at radius 1 is 1.28 bits per heavy atom. The van der Waals surface area contributed by atoms with Gasteiger partial charge >= 0.3 is 0 Å². The monoisotopic (exact) mass is 372 g/mol. The van der Waals surface area contributed by atoms with E-state index in [9.17, 15) is 4.79 Å². The summed E-state index contributed by atoms with van der Waals surface area (Å²) in [7, 11) is 0. The van der Waals surface area contributed by atoms with Gasteiger partial charge in [-0.3, -0.25) is 4.79 Å². The maximum atomic E-state index is 12.6. The van der Waals surface area contributed by atoms with Crippen LogP contribution in [0.1, 0.15) is 53.6 Å². The van der Waals surface area contributed by atoms with E-state index >= 15 is 0 Å². The Morgan fingerprint density at radius 3 is 2.50 bits per heavy atom. The first-order valence-electron chi connectivity index (χ1n) is 6.46. The molecule has 1 aliphatic rings. The highest BCUT2D eigenvalue weighted by Gasteiger charge is 2.37. The van der Waals surface area contributed by atoms with Crippen molar-refractivity contribution in [3.05, 3.63) is 34.9 Å². The van der Waals surface area contributed by atoms with Crippen molar-refractivity contribution in [3.63, 3.8) is 0 Å². The second kappa shape index (κ2) is 5.87. The third-order valence-corrected chi connectivity index (χ3v) is 5.56. The Balaban J connectivity index is 2.25. The van der Waals surface area contributed by atoms with Crippen molar-refractivity contribution in [2.24, 2.45) is 0 Å². The number of aryl methyl sites for hydroxylation is 1. The maximum Gasteiger partial charge on any atom is 0.179 e. The van der Waals surface area contributed by atoms with Gasteiger partial charge in [-0.25, -0.2) is 0 Å². The lowest BCUT2D eigenvalue weighted by molar-refractivity contribution is 0.0923. The molecule has 0 amide bonds. The fourth-order valence-corrected chi connectivity index (χ4v) is 4.00. The van der Waals surface area contributed by atoms with Crippen molar-refractivity contribution in [1.82, 2.24) is 0 Å². The molecule has 0 bridgehead atoms. The first-order chi connectivity index (χ1) is 8.57. The zero-order chi connectivity index (χ0) is 13.2. The van der Waals surface area contributed by atoms with Crippen LogP contribution < -0.4 is 0 Å². The molecule has 2 rings (SSSR count). The van der Waals surface area contributed by atoms with Gasteiger partial charge in [-0.2, -0.15) is 0 Å². The molecule has 0 unspecified atom stereocenters. The summed E-state index contributed by atoms with van der Waals surface area (Å²) in [6.07, 6.45) is 5.48. The molecule has 0 radical (unpaired) electrons. The number of halogens is 2. The maximum absolute atomic E-state index is 12.6. The molecule has 18 heavy (non-hydrogen) atoms. The normalized spacial score (nSPS) is 18.6. The van der Waals surface area contributed by atoms with Crippen molar-refractivity contribution < 1.29 is 4.79 Å². The largest absolute Gasteiger partial charge is 0.293 e. The molecule has 3 heteroatoms. The number of alkyl halides is 2. The van der Waals surface area contributed by atoms with E-state index in [1.165, 1.54) is 17.5 Å². The second-order valence-corrected chi connectivity index (χ2v) is 7.21. The predicted molar refractivity (Wildman–Crippen MR) is 82.9 cm³/mol. The number of carbonyl (C=O) groups excluding carboxylic acids is 1.